The predicted molar refractivity (Wildman–Crippen MR) is 59.3 cm³/mol. The number of primary amides is 1. The molecule has 0 aromatic carbocycles. The van der Waals surface area contributed by atoms with Crippen LogP contribution in [0.25, 0.3) is 5.69 Å². The van der Waals surface area contributed by atoms with Crippen molar-refractivity contribution in [1.82, 2.24) is 14.8 Å². The van der Waals surface area contributed by atoms with Gasteiger partial charge in [-0.2, -0.15) is 18.3 Å². The molecule has 0 saturated heterocycles. The van der Waals surface area contributed by atoms with Crippen molar-refractivity contribution in [3.63, 3.8) is 0 Å². The van der Waals surface area contributed by atoms with Crippen LogP contribution in [0.5, 0.6) is 0 Å². The standard InChI is InChI=1S/C10H8F3N5O/c11-10(12,13)7-1-2-18(17-7)6-4-16-8(14)3-5(6)9(15)19/h1-4H,(H2,14,16)(H2,15,19). The lowest BCUT2D eigenvalue weighted by Crippen LogP contribution is -2.16. The summed E-state index contributed by atoms with van der Waals surface area (Å²) in [4.78, 5) is 14.9. The third-order valence-electron chi connectivity index (χ3n) is 2.30. The maximum atomic E-state index is 12.4. The van der Waals surface area contributed by atoms with Crippen LogP contribution < -0.4 is 11.5 Å². The van der Waals surface area contributed by atoms with E-state index in [1.165, 1.54) is 6.07 Å². The van der Waals surface area contributed by atoms with E-state index in [9.17, 15) is 18.0 Å². The van der Waals surface area contributed by atoms with Crippen molar-refractivity contribution in [2.75, 3.05) is 5.73 Å². The van der Waals surface area contributed by atoms with Gasteiger partial charge in [0.25, 0.3) is 5.91 Å². The summed E-state index contributed by atoms with van der Waals surface area (Å²) in [5.41, 5.74) is 9.39. The fourth-order valence-electron chi connectivity index (χ4n) is 1.45. The van der Waals surface area contributed by atoms with Crippen LogP contribution in [0, 0.1) is 0 Å². The van der Waals surface area contributed by atoms with Crippen LogP contribution in [0.4, 0.5) is 19.0 Å². The molecular weight excluding hydrogens is 263 g/mol. The number of nitrogen functional groups attached to an aromatic ring is 1. The van der Waals surface area contributed by atoms with E-state index in [4.69, 9.17) is 11.5 Å². The summed E-state index contributed by atoms with van der Waals surface area (Å²) in [6.07, 6.45) is -2.38. The first-order chi connectivity index (χ1) is 8.79. The number of amides is 1. The maximum absolute atomic E-state index is 12.4. The number of nitrogens with zero attached hydrogens (tertiary/aromatic N) is 3. The average Bonchev–Trinajstić information content (AvgIpc) is 2.77. The summed E-state index contributed by atoms with van der Waals surface area (Å²) >= 11 is 0. The maximum Gasteiger partial charge on any atom is 0.435 e. The number of hydrogen-bond acceptors (Lipinski definition) is 4. The van der Waals surface area contributed by atoms with Crippen molar-refractivity contribution in [3.8, 4) is 5.69 Å². The van der Waals surface area contributed by atoms with Gasteiger partial charge < -0.3 is 11.5 Å². The second-order valence-corrected chi connectivity index (χ2v) is 3.63. The molecule has 2 aromatic rings. The first-order valence-corrected chi connectivity index (χ1v) is 4.97. The molecule has 4 N–H and O–H groups in total. The molecule has 0 aliphatic rings. The minimum absolute atomic E-state index is 0.0252. The Labute approximate surface area is 104 Å². The van der Waals surface area contributed by atoms with Gasteiger partial charge in [-0.1, -0.05) is 0 Å². The fraction of sp³-hybridized carbons (Fsp3) is 0.100. The summed E-state index contributed by atoms with van der Waals surface area (Å²) in [5, 5.41) is 3.33. The number of hydrogen-bond donors (Lipinski definition) is 2. The van der Waals surface area contributed by atoms with E-state index in [2.05, 4.69) is 10.1 Å². The van der Waals surface area contributed by atoms with Crippen molar-refractivity contribution in [2.45, 2.75) is 6.18 Å². The van der Waals surface area contributed by atoms with Gasteiger partial charge in [-0.15, -0.1) is 0 Å². The Kier molecular flexibility index (Phi) is 2.89. The van der Waals surface area contributed by atoms with Gasteiger partial charge in [0.1, 0.15) is 5.82 Å². The van der Waals surface area contributed by atoms with Gasteiger partial charge in [0.15, 0.2) is 5.69 Å². The molecule has 6 nitrogen and oxygen atoms in total. The van der Waals surface area contributed by atoms with E-state index in [1.54, 1.807) is 0 Å². The monoisotopic (exact) mass is 271 g/mol. The van der Waals surface area contributed by atoms with Gasteiger partial charge in [0, 0.05) is 6.20 Å². The smallest absolute Gasteiger partial charge is 0.384 e. The second kappa shape index (κ2) is 4.26. The van der Waals surface area contributed by atoms with Crippen LogP contribution >= 0.6 is 0 Å². The summed E-state index contributed by atoms with van der Waals surface area (Å²) in [6.45, 7) is 0. The number of halogens is 3. The van der Waals surface area contributed by atoms with Crippen LogP contribution in [-0.4, -0.2) is 20.7 Å². The van der Waals surface area contributed by atoms with E-state index in [1.807, 2.05) is 0 Å². The summed E-state index contributed by atoms with van der Waals surface area (Å²) in [6, 6.07) is 1.95. The molecule has 2 aromatic heterocycles. The zero-order valence-electron chi connectivity index (χ0n) is 9.35. The highest BCUT2D eigenvalue weighted by Crippen LogP contribution is 2.28. The highest BCUT2D eigenvalue weighted by Gasteiger charge is 2.33. The number of anilines is 1. The van der Waals surface area contributed by atoms with Crippen LogP contribution in [0.2, 0.25) is 0 Å². The Bertz CT molecular complexity index is 634. The number of carbonyl (C=O) groups is 1. The first kappa shape index (κ1) is 12.9. The normalized spacial score (nSPS) is 11.5. The molecule has 0 aliphatic carbocycles. The number of rotatable bonds is 2. The van der Waals surface area contributed by atoms with Crippen molar-refractivity contribution in [3.05, 3.63) is 35.8 Å². The van der Waals surface area contributed by atoms with Gasteiger partial charge in [-0.3, -0.25) is 4.79 Å². The Morgan fingerprint density at radius 1 is 1.37 bits per heavy atom. The first-order valence-electron chi connectivity index (χ1n) is 4.97. The molecule has 2 heterocycles. The van der Waals surface area contributed by atoms with E-state index < -0.39 is 17.8 Å². The minimum atomic E-state index is -4.57. The molecule has 0 spiro atoms. The molecule has 1 amide bonds. The van der Waals surface area contributed by atoms with Gasteiger partial charge in [-0.25, -0.2) is 9.67 Å². The summed E-state index contributed by atoms with van der Waals surface area (Å²) in [7, 11) is 0. The van der Waals surface area contributed by atoms with E-state index >= 15 is 0 Å². The lowest BCUT2D eigenvalue weighted by Gasteiger charge is -2.07. The lowest BCUT2D eigenvalue weighted by atomic mass is 10.2. The Morgan fingerprint density at radius 3 is 2.58 bits per heavy atom. The zero-order valence-corrected chi connectivity index (χ0v) is 9.35. The highest BCUT2D eigenvalue weighted by atomic mass is 19.4. The van der Waals surface area contributed by atoms with Crippen LogP contribution in [0.1, 0.15) is 16.1 Å². The minimum Gasteiger partial charge on any atom is -0.384 e. The van der Waals surface area contributed by atoms with Gasteiger partial charge in [-0.05, 0) is 12.1 Å². The van der Waals surface area contributed by atoms with Crippen molar-refractivity contribution in [2.24, 2.45) is 5.73 Å². The third-order valence-corrected chi connectivity index (χ3v) is 2.30. The number of alkyl halides is 3. The quantitative estimate of drug-likeness (QED) is 0.849. The molecule has 0 aliphatic heterocycles. The number of pyridine rings is 1. The fourth-order valence-corrected chi connectivity index (χ4v) is 1.45. The van der Waals surface area contributed by atoms with Crippen LogP contribution in [0.3, 0.4) is 0 Å². The molecule has 0 fully saturated rings. The predicted octanol–water partition coefficient (Wildman–Crippen LogP) is 0.967. The number of nitrogens with two attached hydrogens (primary N) is 2. The molecule has 19 heavy (non-hydrogen) atoms. The molecule has 0 bridgehead atoms. The molecule has 0 unspecified atom stereocenters. The second-order valence-electron chi connectivity index (χ2n) is 3.63. The lowest BCUT2D eigenvalue weighted by molar-refractivity contribution is -0.141. The third kappa shape index (κ3) is 2.49. The van der Waals surface area contributed by atoms with Crippen LogP contribution in [0.15, 0.2) is 24.5 Å². The molecule has 0 radical (unpaired) electrons. The van der Waals surface area contributed by atoms with E-state index in [0.29, 0.717) is 0 Å². The summed E-state index contributed by atoms with van der Waals surface area (Å²) in [5.74, 6) is -0.811. The van der Waals surface area contributed by atoms with Gasteiger partial charge in [0.05, 0.1) is 17.4 Å². The average molecular weight is 271 g/mol. The van der Waals surface area contributed by atoms with Crippen molar-refractivity contribution < 1.29 is 18.0 Å². The van der Waals surface area contributed by atoms with Gasteiger partial charge >= 0.3 is 6.18 Å². The SMILES string of the molecule is NC(=O)c1cc(N)ncc1-n1ccc(C(F)(F)F)n1. The molecule has 2 rings (SSSR count). The molecule has 9 heteroatoms. The van der Waals surface area contributed by atoms with E-state index in [0.717, 1.165) is 23.1 Å². The largest absolute Gasteiger partial charge is 0.435 e. The topological polar surface area (TPSA) is 99.8 Å². The van der Waals surface area contributed by atoms with Gasteiger partial charge in [0.2, 0.25) is 0 Å². The van der Waals surface area contributed by atoms with Crippen molar-refractivity contribution in [1.29, 1.82) is 0 Å². The van der Waals surface area contributed by atoms with Crippen LogP contribution in [-0.2, 0) is 6.18 Å². The number of aromatic nitrogens is 3. The Balaban J connectivity index is 2.53. The van der Waals surface area contributed by atoms with E-state index in [-0.39, 0.29) is 17.1 Å². The molecule has 0 saturated carbocycles. The number of carbonyl (C=O) groups excluding carboxylic acids is 1. The molecule has 0 atom stereocenters. The Morgan fingerprint density at radius 2 is 2.05 bits per heavy atom. The highest BCUT2D eigenvalue weighted by molar-refractivity contribution is 5.97. The Hall–Kier alpha value is -2.58. The molecule has 100 valence electrons. The molecular formula is C10H8F3N5O. The zero-order chi connectivity index (χ0) is 14.2. The summed E-state index contributed by atoms with van der Waals surface area (Å²) < 4.78 is 38.2. The van der Waals surface area contributed by atoms with Crippen molar-refractivity contribution >= 4 is 11.7 Å².